The summed E-state index contributed by atoms with van der Waals surface area (Å²) in [6.45, 7) is 2.03. The second kappa shape index (κ2) is 9.20. The normalized spacial score (nSPS) is 11.6. The zero-order valence-corrected chi connectivity index (χ0v) is 16.3. The third-order valence-electron chi connectivity index (χ3n) is 4.22. The summed E-state index contributed by atoms with van der Waals surface area (Å²) in [5.41, 5.74) is 0.235. The fraction of sp³-hybridized carbons (Fsp3) is 0.316. The molecule has 0 heterocycles. The van der Waals surface area contributed by atoms with Gasteiger partial charge in [-0.25, -0.2) is 25.9 Å². The van der Waals surface area contributed by atoms with Crippen molar-refractivity contribution >= 4 is 21.6 Å². The number of benzene rings is 2. The van der Waals surface area contributed by atoms with E-state index in [2.05, 4.69) is 0 Å². The van der Waals surface area contributed by atoms with Crippen LogP contribution in [0.25, 0.3) is 0 Å². The molecule has 0 aliphatic rings. The third kappa shape index (κ3) is 5.11. The molecule has 0 atom stereocenters. The van der Waals surface area contributed by atoms with Crippen molar-refractivity contribution in [3.8, 4) is 0 Å². The van der Waals surface area contributed by atoms with Gasteiger partial charge in [0, 0.05) is 38.3 Å². The quantitative estimate of drug-likeness (QED) is 0.664. The SMILES string of the molecule is CCN(C(=O)CCCN(C)S(=O)(=O)c1ccc(F)cc1)c1ccc(F)c(F)c1. The molecular formula is C19H21F3N2O3S. The van der Waals surface area contributed by atoms with Gasteiger partial charge in [0.25, 0.3) is 0 Å². The van der Waals surface area contributed by atoms with Crippen molar-refractivity contribution in [1.82, 2.24) is 4.31 Å². The first-order valence-electron chi connectivity index (χ1n) is 8.64. The maximum Gasteiger partial charge on any atom is 0.242 e. The molecule has 0 N–H and O–H groups in total. The molecule has 1 amide bonds. The lowest BCUT2D eigenvalue weighted by molar-refractivity contribution is -0.118. The van der Waals surface area contributed by atoms with Gasteiger partial charge in [0.2, 0.25) is 15.9 Å². The molecule has 2 aromatic carbocycles. The smallest absolute Gasteiger partial charge is 0.242 e. The van der Waals surface area contributed by atoms with Crippen LogP contribution in [-0.4, -0.2) is 38.8 Å². The third-order valence-corrected chi connectivity index (χ3v) is 6.09. The van der Waals surface area contributed by atoms with Crippen molar-refractivity contribution in [3.05, 3.63) is 59.9 Å². The topological polar surface area (TPSA) is 57.7 Å². The van der Waals surface area contributed by atoms with Crippen LogP contribution < -0.4 is 4.90 Å². The fourth-order valence-electron chi connectivity index (χ4n) is 2.65. The van der Waals surface area contributed by atoms with E-state index in [0.29, 0.717) is 0 Å². The minimum absolute atomic E-state index is 0.0239. The molecule has 0 aromatic heterocycles. The summed E-state index contributed by atoms with van der Waals surface area (Å²) in [7, 11) is -2.42. The van der Waals surface area contributed by atoms with Crippen molar-refractivity contribution in [2.24, 2.45) is 0 Å². The minimum Gasteiger partial charge on any atom is -0.313 e. The van der Waals surface area contributed by atoms with E-state index in [1.807, 2.05) is 0 Å². The Balaban J connectivity index is 1.97. The molecular weight excluding hydrogens is 393 g/mol. The summed E-state index contributed by atoms with van der Waals surface area (Å²) in [5, 5.41) is 0. The highest BCUT2D eigenvalue weighted by atomic mass is 32.2. The van der Waals surface area contributed by atoms with E-state index >= 15 is 0 Å². The lowest BCUT2D eigenvalue weighted by atomic mass is 10.2. The van der Waals surface area contributed by atoms with Crippen LogP contribution in [-0.2, 0) is 14.8 Å². The predicted molar refractivity (Wildman–Crippen MR) is 99.8 cm³/mol. The Morgan fingerprint density at radius 2 is 1.64 bits per heavy atom. The van der Waals surface area contributed by atoms with Crippen LogP contribution in [0.4, 0.5) is 18.9 Å². The maximum atomic E-state index is 13.4. The van der Waals surface area contributed by atoms with E-state index in [-0.39, 0.29) is 42.4 Å². The maximum absolute atomic E-state index is 13.4. The number of anilines is 1. The van der Waals surface area contributed by atoms with Crippen LogP contribution in [0.1, 0.15) is 19.8 Å². The Hall–Kier alpha value is -2.39. The summed E-state index contributed by atoms with van der Waals surface area (Å²) in [4.78, 5) is 13.7. The van der Waals surface area contributed by atoms with E-state index in [1.165, 1.54) is 30.1 Å². The Labute approximate surface area is 162 Å². The fourth-order valence-corrected chi connectivity index (χ4v) is 3.86. The van der Waals surface area contributed by atoms with E-state index < -0.39 is 27.5 Å². The average Bonchev–Trinajstić information content (AvgIpc) is 2.65. The van der Waals surface area contributed by atoms with Crippen LogP contribution in [0.15, 0.2) is 47.4 Å². The average molecular weight is 414 g/mol. The van der Waals surface area contributed by atoms with Gasteiger partial charge in [0.15, 0.2) is 11.6 Å². The van der Waals surface area contributed by atoms with Crippen molar-refractivity contribution < 1.29 is 26.4 Å². The first kappa shape index (κ1) is 21.9. The first-order chi connectivity index (χ1) is 13.2. The number of amides is 1. The first-order valence-corrected chi connectivity index (χ1v) is 10.1. The van der Waals surface area contributed by atoms with Crippen LogP contribution in [0.3, 0.4) is 0 Å². The second-order valence-electron chi connectivity index (χ2n) is 6.12. The van der Waals surface area contributed by atoms with E-state index in [0.717, 1.165) is 28.6 Å². The number of carbonyl (C=O) groups is 1. The number of sulfonamides is 1. The molecule has 5 nitrogen and oxygen atoms in total. The molecule has 152 valence electrons. The molecule has 0 unspecified atom stereocenters. The number of carbonyl (C=O) groups excluding carboxylic acids is 1. The van der Waals surface area contributed by atoms with Crippen molar-refractivity contribution in [2.45, 2.75) is 24.7 Å². The molecule has 0 bridgehead atoms. The highest BCUT2D eigenvalue weighted by Crippen LogP contribution is 2.20. The Morgan fingerprint density at radius 1 is 1.00 bits per heavy atom. The second-order valence-corrected chi connectivity index (χ2v) is 8.17. The van der Waals surface area contributed by atoms with Gasteiger partial charge in [0.05, 0.1) is 4.90 Å². The summed E-state index contributed by atoms with van der Waals surface area (Å²) >= 11 is 0. The van der Waals surface area contributed by atoms with E-state index in [4.69, 9.17) is 0 Å². The molecule has 2 aromatic rings. The lowest BCUT2D eigenvalue weighted by Gasteiger charge is -2.22. The Morgan fingerprint density at radius 3 is 2.21 bits per heavy atom. The zero-order valence-electron chi connectivity index (χ0n) is 15.5. The van der Waals surface area contributed by atoms with E-state index in [9.17, 15) is 26.4 Å². The Kier molecular flexibility index (Phi) is 7.20. The molecule has 2 rings (SSSR count). The Bertz CT molecular complexity index is 934. The van der Waals surface area contributed by atoms with Crippen LogP contribution in [0.2, 0.25) is 0 Å². The van der Waals surface area contributed by atoms with Crippen molar-refractivity contribution in [1.29, 1.82) is 0 Å². The van der Waals surface area contributed by atoms with Crippen molar-refractivity contribution in [2.75, 3.05) is 25.0 Å². The number of halogens is 3. The molecule has 0 aliphatic carbocycles. The van der Waals surface area contributed by atoms with Crippen LogP contribution in [0, 0.1) is 17.5 Å². The predicted octanol–water partition coefficient (Wildman–Crippen LogP) is 3.56. The van der Waals surface area contributed by atoms with Crippen LogP contribution >= 0.6 is 0 Å². The van der Waals surface area contributed by atoms with Crippen molar-refractivity contribution in [3.63, 3.8) is 0 Å². The minimum atomic E-state index is -3.79. The van der Waals surface area contributed by atoms with Gasteiger partial charge in [-0.05, 0) is 49.7 Å². The molecule has 0 spiro atoms. The van der Waals surface area contributed by atoms with Gasteiger partial charge < -0.3 is 4.90 Å². The lowest BCUT2D eigenvalue weighted by Crippen LogP contribution is -2.32. The number of hydrogen-bond donors (Lipinski definition) is 0. The number of hydrogen-bond acceptors (Lipinski definition) is 3. The molecule has 0 saturated carbocycles. The monoisotopic (exact) mass is 414 g/mol. The summed E-state index contributed by atoms with van der Waals surface area (Å²) in [6, 6.07) is 7.68. The molecule has 0 fully saturated rings. The standard InChI is InChI=1S/C19H21F3N2O3S/c1-3-24(15-8-11-17(21)18(22)13-15)19(25)5-4-12-23(2)28(26,27)16-9-6-14(20)7-10-16/h6-11,13H,3-5,12H2,1-2H3. The highest BCUT2D eigenvalue weighted by Gasteiger charge is 2.21. The van der Waals surface area contributed by atoms with E-state index in [1.54, 1.807) is 6.92 Å². The van der Waals surface area contributed by atoms with Gasteiger partial charge in [-0.2, -0.15) is 0 Å². The molecule has 0 aliphatic heterocycles. The zero-order chi connectivity index (χ0) is 20.9. The molecule has 9 heteroatoms. The molecule has 0 radical (unpaired) electrons. The van der Waals surface area contributed by atoms with Gasteiger partial charge in [-0.1, -0.05) is 0 Å². The largest absolute Gasteiger partial charge is 0.313 e. The van der Waals surface area contributed by atoms with Gasteiger partial charge in [-0.15, -0.1) is 0 Å². The van der Waals surface area contributed by atoms with Gasteiger partial charge in [0.1, 0.15) is 5.82 Å². The molecule has 0 saturated heterocycles. The number of rotatable bonds is 8. The highest BCUT2D eigenvalue weighted by molar-refractivity contribution is 7.89. The summed E-state index contributed by atoms with van der Waals surface area (Å²) in [6.07, 6.45) is 0.256. The summed E-state index contributed by atoms with van der Waals surface area (Å²) in [5.74, 6) is -2.92. The van der Waals surface area contributed by atoms with Gasteiger partial charge >= 0.3 is 0 Å². The van der Waals surface area contributed by atoms with Gasteiger partial charge in [-0.3, -0.25) is 4.79 Å². The summed E-state index contributed by atoms with van der Waals surface area (Å²) < 4.78 is 65.4. The number of nitrogens with zero attached hydrogens (tertiary/aromatic N) is 2. The molecule has 28 heavy (non-hydrogen) atoms. The van der Waals surface area contributed by atoms with Crippen LogP contribution in [0.5, 0.6) is 0 Å².